The first-order valence-corrected chi connectivity index (χ1v) is 19.5. The van der Waals surface area contributed by atoms with Gasteiger partial charge in [0.05, 0.1) is 32.0 Å². The molecule has 0 heterocycles. The highest BCUT2D eigenvalue weighted by atomic mass is 32.1. The fourth-order valence-electron chi connectivity index (χ4n) is 5.21. The van der Waals surface area contributed by atoms with Crippen LogP contribution in [-0.4, -0.2) is 143 Å². The number of aliphatic imine (C=N–C) groups is 1. The summed E-state index contributed by atoms with van der Waals surface area (Å²) in [5, 5.41) is 37.0. The molecule has 6 atom stereocenters. The number of thiol groups is 1. The number of imide groups is 1. The maximum Gasteiger partial charge on any atom is 0.326 e. The van der Waals surface area contributed by atoms with Crippen molar-refractivity contribution in [2.45, 2.75) is 82.2 Å². The Morgan fingerprint density at radius 3 is 1.79 bits per heavy atom. The number of hydrogen-bond donors (Lipinski definition) is 14. The van der Waals surface area contributed by atoms with Crippen LogP contribution < -0.4 is 59.7 Å². The second-order valence-electron chi connectivity index (χ2n) is 13.8. The summed E-state index contributed by atoms with van der Waals surface area (Å²) in [5.41, 5.74) is 16.6. The first-order chi connectivity index (χ1) is 29.2. The number of guanidine groups is 1. The zero-order chi connectivity index (χ0) is 46.9. The summed E-state index contributed by atoms with van der Waals surface area (Å²) in [7, 11) is 0. The Kier molecular flexibility index (Phi) is 23.9. The first kappa shape index (κ1) is 53.2. The number of nitrogens with zero attached hydrogens (tertiary/aromatic N) is 1. The lowest BCUT2D eigenvalue weighted by Gasteiger charge is -2.26. The quantitative estimate of drug-likeness (QED) is 0.0122. The number of carboxylic acids is 2. The van der Waals surface area contributed by atoms with E-state index in [0.717, 1.165) is 0 Å². The molecular formula is C36H54N12O13S. The maximum atomic E-state index is 13.6. The fraction of sp³-hybridized carbons (Fsp3) is 0.500. The Hall–Kier alpha value is -6.83. The van der Waals surface area contributed by atoms with Crippen LogP contribution >= 0.6 is 12.6 Å². The van der Waals surface area contributed by atoms with Gasteiger partial charge in [-0.3, -0.25) is 58.3 Å². The van der Waals surface area contributed by atoms with Crippen LogP contribution in [0.4, 0.5) is 0 Å². The number of nitrogens with one attached hydrogen (secondary N) is 8. The molecule has 0 fully saturated rings. The molecule has 0 saturated heterocycles. The Morgan fingerprint density at radius 2 is 1.26 bits per heavy atom. The van der Waals surface area contributed by atoms with E-state index in [4.69, 9.17) is 17.2 Å². The number of nitrogens with two attached hydrogens (primary N) is 3. The molecule has 0 bridgehead atoms. The zero-order valence-electron chi connectivity index (χ0n) is 33.9. The SMILES string of the molecule is CC(C)[C@H](NC(=O)CNC(=O)[C@@H](N)CS)C(=O)N[C@@H](CC(=O)O)C(=O)N[C@@H](Cc1ccccc1)C(=O)NCC(=O)N[C@@H](CC(=O)NC=O)C(=O)N[C@@H](CCCN=C(N)N)C(=O)O. The minimum atomic E-state index is -1.81. The fourth-order valence-corrected chi connectivity index (χ4v) is 5.37. The van der Waals surface area contributed by atoms with Gasteiger partial charge in [-0.15, -0.1) is 0 Å². The van der Waals surface area contributed by atoms with E-state index in [1.807, 2.05) is 0 Å². The topological polar surface area (TPSA) is 415 Å². The van der Waals surface area contributed by atoms with Gasteiger partial charge < -0.3 is 64.6 Å². The van der Waals surface area contributed by atoms with Crippen molar-refractivity contribution >= 4 is 84.2 Å². The second-order valence-corrected chi connectivity index (χ2v) is 14.1. The van der Waals surface area contributed by atoms with Crippen molar-refractivity contribution in [2.75, 3.05) is 25.4 Å². The number of carbonyl (C=O) groups is 11. The number of amides is 9. The van der Waals surface area contributed by atoms with Crippen molar-refractivity contribution in [3.05, 3.63) is 35.9 Å². The Labute approximate surface area is 360 Å². The lowest BCUT2D eigenvalue weighted by Crippen LogP contribution is -2.59. The van der Waals surface area contributed by atoms with Gasteiger partial charge in [0.2, 0.25) is 53.7 Å². The molecule has 0 aliphatic carbocycles. The van der Waals surface area contributed by atoms with Gasteiger partial charge in [0.25, 0.3) is 0 Å². The molecule has 0 saturated carbocycles. The minimum Gasteiger partial charge on any atom is -0.481 e. The molecule has 0 radical (unpaired) electrons. The second kappa shape index (κ2) is 27.8. The third kappa shape index (κ3) is 20.9. The summed E-state index contributed by atoms with van der Waals surface area (Å²) in [4.78, 5) is 142. The van der Waals surface area contributed by atoms with Crippen LogP contribution in [-0.2, 0) is 59.2 Å². The molecular weight excluding hydrogens is 841 g/mol. The van der Waals surface area contributed by atoms with Gasteiger partial charge in [-0.25, -0.2) is 4.79 Å². The van der Waals surface area contributed by atoms with E-state index in [2.05, 4.69) is 54.8 Å². The van der Waals surface area contributed by atoms with Crippen molar-refractivity contribution in [1.82, 2.24) is 42.5 Å². The summed E-state index contributed by atoms with van der Waals surface area (Å²) in [6.07, 6.45) is -2.07. The van der Waals surface area contributed by atoms with Crippen LogP contribution in [0.25, 0.3) is 0 Å². The molecule has 342 valence electrons. The van der Waals surface area contributed by atoms with Crippen LogP contribution in [0.15, 0.2) is 35.3 Å². The molecule has 1 rings (SSSR count). The lowest BCUT2D eigenvalue weighted by molar-refractivity contribution is -0.143. The molecule has 1 aromatic rings. The van der Waals surface area contributed by atoms with Gasteiger partial charge in [0, 0.05) is 18.7 Å². The largest absolute Gasteiger partial charge is 0.481 e. The van der Waals surface area contributed by atoms with E-state index in [1.165, 1.54) is 0 Å². The highest BCUT2D eigenvalue weighted by Crippen LogP contribution is 2.08. The number of carbonyl (C=O) groups excluding carboxylic acids is 9. The summed E-state index contributed by atoms with van der Waals surface area (Å²) in [5.74, 6) is -11.7. The van der Waals surface area contributed by atoms with Crippen LogP contribution in [0.3, 0.4) is 0 Å². The lowest BCUT2D eigenvalue weighted by atomic mass is 10.0. The number of hydrogen-bond acceptors (Lipinski definition) is 14. The van der Waals surface area contributed by atoms with Gasteiger partial charge in [-0.2, -0.15) is 12.6 Å². The first-order valence-electron chi connectivity index (χ1n) is 18.9. The molecule has 16 N–H and O–H groups in total. The molecule has 26 heteroatoms. The van der Waals surface area contributed by atoms with E-state index in [9.17, 15) is 63.0 Å². The Morgan fingerprint density at radius 1 is 0.710 bits per heavy atom. The van der Waals surface area contributed by atoms with Gasteiger partial charge in [-0.1, -0.05) is 44.2 Å². The van der Waals surface area contributed by atoms with Crippen molar-refractivity contribution in [2.24, 2.45) is 28.1 Å². The Bertz CT molecular complexity index is 1800. The normalized spacial score (nSPS) is 13.5. The molecule has 0 aliphatic heterocycles. The standard InChI is InChI=1S/C36H54N12O13S/c1-18(2)29(48-27(52)15-41-30(55)20(37)16-62)34(59)47-24(13-28(53)54)33(58)46-22(11-19-7-4-3-5-8-19)31(56)42-14-26(51)44-23(12-25(50)43-17-49)32(57)45-21(35(60)61)9-6-10-40-36(38)39/h3-5,7-8,17-18,20-24,29,62H,6,9-16,37H2,1-2H3,(H,41,55)(H,42,56)(H,44,51)(H,45,57)(H,46,58)(H,47,59)(H,48,52)(H,53,54)(H,60,61)(H4,38,39,40)(H,43,49,50)/t20-,21-,22-,23-,24-,29-/m0/s1. The molecule has 0 spiro atoms. The monoisotopic (exact) mass is 894 g/mol. The van der Waals surface area contributed by atoms with E-state index >= 15 is 0 Å². The minimum absolute atomic E-state index is 0.00363. The van der Waals surface area contributed by atoms with E-state index in [0.29, 0.717) is 5.56 Å². The molecule has 0 aliphatic rings. The van der Waals surface area contributed by atoms with Crippen LogP contribution in [0.5, 0.6) is 0 Å². The highest BCUT2D eigenvalue weighted by Gasteiger charge is 2.33. The molecule has 9 amide bonds. The highest BCUT2D eigenvalue weighted by molar-refractivity contribution is 7.80. The van der Waals surface area contributed by atoms with E-state index in [-0.39, 0.29) is 43.9 Å². The van der Waals surface area contributed by atoms with E-state index < -0.39 is 127 Å². The molecule has 62 heavy (non-hydrogen) atoms. The number of rotatable bonds is 28. The van der Waals surface area contributed by atoms with Crippen molar-refractivity contribution in [3.63, 3.8) is 0 Å². The Balaban J connectivity index is 3.22. The number of carboxylic acid groups (broad SMARTS) is 2. The predicted molar refractivity (Wildman–Crippen MR) is 221 cm³/mol. The molecule has 1 aromatic carbocycles. The molecule has 25 nitrogen and oxygen atoms in total. The maximum absolute atomic E-state index is 13.6. The van der Waals surface area contributed by atoms with E-state index in [1.54, 1.807) is 49.5 Å². The number of aliphatic carboxylic acids is 2. The van der Waals surface area contributed by atoms with Gasteiger partial charge in [0.15, 0.2) is 5.96 Å². The molecule has 0 aromatic heterocycles. The third-order valence-electron chi connectivity index (χ3n) is 8.39. The zero-order valence-corrected chi connectivity index (χ0v) is 34.8. The van der Waals surface area contributed by atoms with Crippen LogP contribution in [0, 0.1) is 5.92 Å². The third-order valence-corrected chi connectivity index (χ3v) is 8.79. The molecule has 0 unspecified atom stereocenters. The van der Waals surface area contributed by atoms with Gasteiger partial charge >= 0.3 is 11.9 Å². The smallest absolute Gasteiger partial charge is 0.326 e. The van der Waals surface area contributed by atoms with Crippen LogP contribution in [0.1, 0.15) is 45.1 Å². The van der Waals surface area contributed by atoms with Crippen molar-refractivity contribution < 1.29 is 63.0 Å². The summed E-state index contributed by atoms with van der Waals surface area (Å²) >= 11 is 3.91. The van der Waals surface area contributed by atoms with Crippen LogP contribution in [0.2, 0.25) is 0 Å². The number of benzene rings is 1. The van der Waals surface area contributed by atoms with Gasteiger partial charge in [0.1, 0.15) is 30.2 Å². The van der Waals surface area contributed by atoms with Crippen molar-refractivity contribution in [3.8, 4) is 0 Å². The summed E-state index contributed by atoms with van der Waals surface area (Å²) < 4.78 is 0. The average Bonchev–Trinajstić information content (AvgIpc) is 3.20. The van der Waals surface area contributed by atoms with Gasteiger partial charge in [-0.05, 0) is 24.3 Å². The predicted octanol–water partition coefficient (Wildman–Crippen LogP) is -5.93. The summed E-state index contributed by atoms with van der Waals surface area (Å²) in [6.45, 7) is 1.67. The summed E-state index contributed by atoms with van der Waals surface area (Å²) in [6, 6.07) is -0.823. The van der Waals surface area contributed by atoms with Crippen molar-refractivity contribution in [1.29, 1.82) is 0 Å². The average molecular weight is 895 g/mol.